The van der Waals surface area contributed by atoms with Gasteiger partial charge in [0.25, 0.3) is 0 Å². The van der Waals surface area contributed by atoms with Crippen molar-refractivity contribution in [3.8, 4) is 0 Å². The predicted octanol–water partition coefficient (Wildman–Crippen LogP) is 3.80. The fourth-order valence-electron chi connectivity index (χ4n) is 2.99. The van der Waals surface area contributed by atoms with Gasteiger partial charge in [-0.2, -0.15) is 18.3 Å². The lowest BCUT2D eigenvalue weighted by molar-refractivity contribution is -0.142. The number of likely N-dealkylation sites (tertiary alicyclic amines) is 1. The minimum atomic E-state index is -4.52. The predicted molar refractivity (Wildman–Crippen MR) is 81.9 cm³/mol. The van der Waals surface area contributed by atoms with Crippen LogP contribution in [0.2, 0.25) is 0 Å². The quantitative estimate of drug-likeness (QED) is 0.783. The minimum absolute atomic E-state index is 0.00688. The summed E-state index contributed by atoms with van der Waals surface area (Å²) in [5, 5.41) is 3.69. The number of aromatic nitrogens is 2. The molecule has 2 aliphatic rings. The molecule has 0 radical (unpaired) electrons. The molecular formula is C15H19BrF3N3O. The van der Waals surface area contributed by atoms with Gasteiger partial charge in [0.2, 0.25) is 5.91 Å². The largest absolute Gasteiger partial charge is 0.436 e. The fourth-order valence-corrected chi connectivity index (χ4v) is 3.82. The zero-order valence-corrected chi connectivity index (χ0v) is 14.5. The van der Waals surface area contributed by atoms with E-state index in [4.69, 9.17) is 0 Å². The molecule has 0 spiro atoms. The lowest BCUT2D eigenvalue weighted by Crippen LogP contribution is -2.40. The number of carbonyl (C=O) groups excluding carboxylic acids is 1. The zero-order valence-electron chi connectivity index (χ0n) is 12.9. The third-order valence-electron chi connectivity index (χ3n) is 4.59. The number of carbonyl (C=O) groups is 1. The molecule has 1 saturated heterocycles. The van der Waals surface area contributed by atoms with Gasteiger partial charge in [-0.15, -0.1) is 0 Å². The number of rotatable bonds is 3. The van der Waals surface area contributed by atoms with E-state index in [2.05, 4.69) is 28.0 Å². The SMILES string of the molecule is CC1CCN(C(=O)Cn2nc(C(F)(F)F)c(Br)c2C2CC2)CC1. The molecule has 0 atom stereocenters. The first-order chi connectivity index (χ1) is 10.8. The van der Waals surface area contributed by atoms with Crippen LogP contribution < -0.4 is 0 Å². The Balaban J connectivity index is 1.80. The Labute approximate surface area is 141 Å². The van der Waals surface area contributed by atoms with Gasteiger partial charge in [0.15, 0.2) is 5.69 Å². The average molecular weight is 394 g/mol. The van der Waals surface area contributed by atoms with Gasteiger partial charge >= 0.3 is 6.18 Å². The van der Waals surface area contributed by atoms with E-state index in [1.165, 1.54) is 4.68 Å². The summed E-state index contributed by atoms with van der Waals surface area (Å²) in [6, 6.07) is 0. The van der Waals surface area contributed by atoms with Gasteiger partial charge in [0, 0.05) is 19.0 Å². The molecule has 2 fully saturated rings. The van der Waals surface area contributed by atoms with Crippen molar-refractivity contribution < 1.29 is 18.0 Å². The van der Waals surface area contributed by atoms with Crippen molar-refractivity contribution in [3.05, 3.63) is 15.9 Å². The maximum atomic E-state index is 13.1. The lowest BCUT2D eigenvalue weighted by Gasteiger charge is -2.30. The molecule has 1 amide bonds. The van der Waals surface area contributed by atoms with E-state index in [1.807, 2.05) is 0 Å². The second kappa shape index (κ2) is 6.11. The number of nitrogens with zero attached hydrogens (tertiary/aromatic N) is 3. The highest BCUT2D eigenvalue weighted by atomic mass is 79.9. The molecule has 23 heavy (non-hydrogen) atoms. The maximum Gasteiger partial charge on any atom is 0.436 e. The van der Waals surface area contributed by atoms with Gasteiger partial charge in [-0.3, -0.25) is 9.48 Å². The molecule has 0 N–H and O–H groups in total. The van der Waals surface area contributed by atoms with Gasteiger partial charge < -0.3 is 4.90 Å². The molecule has 0 bridgehead atoms. The van der Waals surface area contributed by atoms with Crippen LogP contribution in [0.4, 0.5) is 13.2 Å². The van der Waals surface area contributed by atoms with Crippen LogP contribution in [-0.4, -0.2) is 33.7 Å². The summed E-state index contributed by atoms with van der Waals surface area (Å²) in [4.78, 5) is 14.1. The van der Waals surface area contributed by atoms with Crippen molar-refractivity contribution in [3.63, 3.8) is 0 Å². The van der Waals surface area contributed by atoms with Crippen LogP contribution in [0.1, 0.15) is 49.9 Å². The molecule has 0 aromatic carbocycles. The summed E-state index contributed by atoms with van der Waals surface area (Å²) in [6.45, 7) is 3.38. The minimum Gasteiger partial charge on any atom is -0.341 e. The monoisotopic (exact) mass is 393 g/mol. The Kier molecular flexibility index (Phi) is 4.46. The molecule has 4 nitrogen and oxygen atoms in total. The first-order valence-electron chi connectivity index (χ1n) is 7.88. The van der Waals surface area contributed by atoms with Crippen LogP contribution in [0.3, 0.4) is 0 Å². The van der Waals surface area contributed by atoms with Gasteiger partial charge in [0.1, 0.15) is 6.54 Å². The molecule has 1 aromatic heterocycles. The van der Waals surface area contributed by atoms with Crippen LogP contribution in [0.5, 0.6) is 0 Å². The van der Waals surface area contributed by atoms with E-state index in [0.29, 0.717) is 24.7 Å². The summed E-state index contributed by atoms with van der Waals surface area (Å²) in [6.07, 6.45) is -0.943. The van der Waals surface area contributed by atoms with E-state index in [-0.39, 0.29) is 22.8 Å². The van der Waals surface area contributed by atoms with Gasteiger partial charge in [-0.25, -0.2) is 0 Å². The summed E-state index contributed by atoms with van der Waals surface area (Å²) >= 11 is 3.04. The van der Waals surface area contributed by atoms with Crippen LogP contribution in [0.25, 0.3) is 0 Å². The molecule has 0 unspecified atom stereocenters. The van der Waals surface area contributed by atoms with Crippen LogP contribution in [-0.2, 0) is 17.5 Å². The number of hydrogen-bond acceptors (Lipinski definition) is 2. The summed E-state index contributed by atoms with van der Waals surface area (Å²) < 4.78 is 40.4. The molecule has 8 heteroatoms. The standard InChI is InChI=1S/C15H19BrF3N3O/c1-9-4-6-21(7-5-9)11(23)8-22-13(10-2-3-10)12(16)14(20-22)15(17,18)19/h9-10H,2-8H2,1H3. The first kappa shape index (κ1) is 16.8. The third kappa shape index (κ3) is 3.56. The van der Waals surface area contributed by atoms with Crippen LogP contribution in [0, 0.1) is 5.92 Å². The fraction of sp³-hybridized carbons (Fsp3) is 0.733. The Morgan fingerprint density at radius 1 is 1.26 bits per heavy atom. The highest BCUT2D eigenvalue weighted by molar-refractivity contribution is 9.10. The van der Waals surface area contributed by atoms with Gasteiger partial charge in [-0.05, 0) is 47.5 Å². The van der Waals surface area contributed by atoms with E-state index in [0.717, 1.165) is 25.7 Å². The Morgan fingerprint density at radius 3 is 2.39 bits per heavy atom. The number of piperidine rings is 1. The smallest absolute Gasteiger partial charge is 0.341 e. The molecule has 1 aliphatic heterocycles. The number of amides is 1. The molecule has 128 valence electrons. The second-order valence-electron chi connectivity index (χ2n) is 6.54. The van der Waals surface area contributed by atoms with E-state index >= 15 is 0 Å². The van der Waals surface area contributed by atoms with Crippen molar-refractivity contribution in [2.75, 3.05) is 13.1 Å². The van der Waals surface area contributed by atoms with Gasteiger partial charge in [0.05, 0.1) is 10.2 Å². The molecule has 2 heterocycles. The molecular weight excluding hydrogens is 375 g/mol. The summed E-state index contributed by atoms with van der Waals surface area (Å²) in [5.41, 5.74) is -0.421. The number of halogens is 4. The third-order valence-corrected chi connectivity index (χ3v) is 5.37. The molecule has 3 rings (SSSR count). The Bertz CT molecular complexity index is 602. The summed E-state index contributed by atoms with van der Waals surface area (Å²) in [5.74, 6) is 0.515. The van der Waals surface area contributed by atoms with Crippen molar-refractivity contribution in [1.29, 1.82) is 0 Å². The maximum absolute atomic E-state index is 13.1. The van der Waals surface area contributed by atoms with Crippen LogP contribution in [0.15, 0.2) is 4.47 Å². The molecule has 1 saturated carbocycles. The highest BCUT2D eigenvalue weighted by Gasteiger charge is 2.42. The Morgan fingerprint density at radius 2 is 1.87 bits per heavy atom. The zero-order chi connectivity index (χ0) is 16.8. The molecule has 1 aromatic rings. The summed E-state index contributed by atoms with van der Waals surface area (Å²) in [7, 11) is 0. The van der Waals surface area contributed by atoms with Crippen molar-refractivity contribution in [2.45, 2.75) is 51.2 Å². The second-order valence-corrected chi connectivity index (χ2v) is 7.33. The number of alkyl halides is 3. The van der Waals surface area contributed by atoms with Gasteiger partial charge in [-0.1, -0.05) is 6.92 Å². The normalized spacial score (nSPS) is 20.1. The topological polar surface area (TPSA) is 38.1 Å². The van der Waals surface area contributed by atoms with Crippen LogP contribution >= 0.6 is 15.9 Å². The number of hydrogen-bond donors (Lipinski definition) is 0. The van der Waals surface area contributed by atoms with Crippen molar-refractivity contribution in [2.24, 2.45) is 5.92 Å². The van der Waals surface area contributed by atoms with Crippen molar-refractivity contribution >= 4 is 21.8 Å². The van der Waals surface area contributed by atoms with E-state index < -0.39 is 11.9 Å². The average Bonchev–Trinajstić information content (AvgIpc) is 3.23. The van der Waals surface area contributed by atoms with E-state index in [1.54, 1.807) is 4.90 Å². The van der Waals surface area contributed by atoms with E-state index in [9.17, 15) is 18.0 Å². The molecule has 1 aliphatic carbocycles. The Hall–Kier alpha value is -1.05. The van der Waals surface area contributed by atoms with Crippen molar-refractivity contribution in [1.82, 2.24) is 14.7 Å². The lowest BCUT2D eigenvalue weighted by atomic mass is 9.99. The first-order valence-corrected chi connectivity index (χ1v) is 8.68. The highest BCUT2D eigenvalue weighted by Crippen LogP contribution is 2.47.